The summed E-state index contributed by atoms with van der Waals surface area (Å²) in [5.74, 6) is -0.118. The van der Waals surface area contributed by atoms with Crippen molar-refractivity contribution in [2.24, 2.45) is 0 Å². The van der Waals surface area contributed by atoms with Gasteiger partial charge in [0.1, 0.15) is 5.82 Å². The first-order valence-corrected chi connectivity index (χ1v) is 7.57. The van der Waals surface area contributed by atoms with Crippen molar-refractivity contribution < 1.29 is 9.18 Å². The van der Waals surface area contributed by atoms with Crippen LogP contribution in [0.15, 0.2) is 36.4 Å². The summed E-state index contributed by atoms with van der Waals surface area (Å²) in [6.07, 6.45) is 1.35. The zero-order valence-corrected chi connectivity index (χ0v) is 13.6. The van der Waals surface area contributed by atoms with E-state index in [2.05, 4.69) is 0 Å². The number of halogens is 1. The molecule has 0 saturated carbocycles. The fourth-order valence-corrected chi connectivity index (χ4v) is 2.44. The van der Waals surface area contributed by atoms with E-state index in [4.69, 9.17) is 0 Å². The van der Waals surface area contributed by atoms with Crippen LogP contribution >= 0.6 is 0 Å². The number of carbonyl (C=O) groups excluding carboxylic acids is 1. The molecule has 0 bridgehead atoms. The van der Waals surface area contributed by atoms with Crippen molar-refractivity contribution in [2.45, 2.75) is 33.6 Å². The lowest BCUT2D eigenvalue weighted by Gasteiger charge is -2.20. The molecule has 22 heavy (non-hydrogen) atoms. The Labute approximate surface area is 131 Å². The lowest BCUT2D eigenvalue weighted by Crippen LogP contribution is -2.26. The second kappa shape index (κ2) is 6.73. The van der Waals surface area contributed by atoms with E-state index in [0.717, 1.165) is 28.8 Å². The molecule has 0 N–H and O–H groups in total. The first-order chi connectivity index (χ1) is 10.4. The zero-order valence-electron chi connectivity index (χ0n) is 13.6. The van der Waals surface area contributed by atoms with Gasteiger partial charge in [-0.2, -0.15) is 0 Å². The van der Waals surface area contributed by atoms with Crippen molar-refractivity contribution in [2.75, 3.05) is 11.9 Å². The van der Waals surface area contributed by atoms with E-state index in [1.54, 1.807) is 24.9 Å². The van der Waals surface area contributed by atoms with Gasteiger partial charge in [0.25, 0.3) is 0 Å². The molecule has 0 unspecified atom stereocenters. The SMILES string of the molecule is CCCC(=O)N(C)c1cc(-c2ccc(C)c(F)c2)ccc1C. The molecule has 0 heterocycles. The number of amides is 1. The number of benzene rings is 2. The van der Waals surface area contributed by atoms with E-state index in [-0.39, 0.29) is 11.7 Å². The molecular formula is C19H22FNO. The van der Waals surface area contributed by atoms with Crippen LogP contribution in [0.4, 0.5) is 10.1 Å². The molecule has 0 saturated heterocycles. The smallest absolute Gasteiger partial charge is 0.226 e. The zero-order chi connectivity index (χ0) is 16.3. The Hall–Kier alpha value is -2.16. The van der Waals surface area contributed by atoms with Gasteiger partial charge >= 0.3 is 0 Å². The molecule has 0 aliphatic rings. The van der Waals surface area contributed by atoms with Crippen LogP contribution in [-0.4, -0.2) is 13.0 Å². The number of aryl methyl sites for hydroxylation is 2. The second-order valence-corrected chi connectivity index (χ2v) is 5.67. The van der Waals surface area contributed by atoms with Gasteiger partial charge in [-0.15, -0.1) is 0 Å². The minimum atomic E-state index is -0.213. The highest BCUT2D eigenvalue weighted by atomic mass is 19.1. The Morgan fingerprint density at radius 1 is 1.05 bits per heavy atom. The Kier molecular flexibility index (Phi) is 4.96. The largest absolute Gasteiger partial charge is 0.315 e. The number of nitrogens with zero attached hydrogens (tertiary/aromatic N) is 1. The van der Waals surface area contributed by atoms with Crippen molar-refractivity contribution in [1.82, 2.24) is 0 Å². The summed E-state index contributed by atoms with van der Waals surface area (Å²) >= 11 is 0. The van der Waals surface area contributed by atoms with Gasteiger partial charge in [-0.1, -0.05) is 31.2 Å². The average molecular weight is 299 g/mol. The predicted molar refractivity (Wildman–Crippen MR) is 89.6 cm³/mol. The summed E-state index contributed by atoms with van der Waals surface area (Å²) in [4.78, 5) is 13.8. The molecular weight excluding hydrogens is 277 g/mol. The average Bonchev–Trinajstić information content (AvgIpc) is 2.50. The van der Waals surface area contributed by atoms with Gasteiger partial charge in [-0.25, -0.2) is 4.39 Å². The molecule has 0 aromatic heterocycles. The summed E-state index contributed by atoms with van der Waals surface area (Å²) < 4.78 is 13.8. The summed E-state index contributed by atoms with van der Waals surface area (Å²) in [6.45, 7) is 5.71. The predicted octanol–water partition coefficient (Wildman–Crippen LogP) is 4.87. The standard InChI is InChI=1S/C19H22FNO/c1-5-6-19(22)21(4)18-12-16(10-8-14(18)3)15-9-7-13(2)17(20)11-15/h7-12H,5-6H2,1-4H3. The molecule has 0 aliphatic carbocycles. The number of carbonyl (C=O) groups is 1. The van der Waals surface area contributed by atoms with Crippen LogP contribution in [0, 0.1) is 19.7 Å². The highest BCUT2D eigenvalue weighted by Gasteiger charge is 2.13. The molecule has 1 amide bonds. The second-order valence-electron chi connectivity index (χ2n) is 5.67. The van der Waals surface area contributed by atoms with Gasteiger partial charge in [-0.05, 0) is 54.7 Å². The third-order valence-electron chi connectivity index (χ3n) is 3.91. The Morgan fingerprint density at radius 3 is 2.23 bits per heavy atom. The molecule has 2 aromatic rings. The maximum atomic E-state index is 13.8. The van der Waals surface area contributed by atoms with E-state index in [1.807, 2.05) is 38.1 Å². The van der Waals surface area contributed by atoms with Gasteiger partial charge in [0, 0.05) is 19.2 Å². The van der Waals surface area contributed by atoms with Crippen LogP contribution in [0.1, 0.15) is 30.9 Å². The lowest BCUT2D eigenvalue weighted by molar-refractivity contribution is -0.118. The van der Waals surface area contributed by atoms with Crippen LogP contribution in [0.25, 0.3) is 11.1 Å². The number of anilines is 1. The van der Waals surface area contributed by atoms with Gasteiger partial charge in [0.2, 0.25) is 5.91 Å². The molecule has 0 fully saturated rings. The van der Waals surface area contributed by atoms with Gasteiger partial charge < -0.3 is 4.90 Å². The molecule has 0 atom stereocenters. The highest BCUT2D eigenvalue weighted by molar-refractivity contribution is 5.94. The summed E-state index contributed by atoms with van der Waals surface area (Å²) in [7, 11) is 1.79. The molecule has 3 heteroatoms. The fraction of sp³-hybridized carbons (Fsp3) is 0.316. The number of hydrogen-bond acceptors (Lipinski definition) is 1. The highest BCUT2D eigenvalue weighted by Crippen LogP contribution is 2.28. The fourth-order valence-electron chi connectivity index (χ4n) is 2.44. The molecule has 0 spiro atoms. The van der Waals surface area contributed by atoms with Crippen molar-refractivity contribution in [3.63, 3.8) is 0 Å². The Morgan fingerprint density at radius 2 is 1.64 bits per heavy atom. The van der Waals surface area contributed by atoms with Gasteiger partial charge in [-0.3, -0.25) is 4.79 Å². The van der Waals surface area contributed by atoms with Crippen LogP contribution in [-0.2, 0) is 4.79 Å². The van der Waals surface area contributed by atoms with E-state index in [1.165, 1.54) is 6.07 Å². The first-order valence-electron chi connectivity index (χ1n) is 7.57. The third-order valence-corrected chi connectivity index (χ3v) is 3.91. The Bertz CT molecular complexity index is 694. The number of rotatable bonds is 4. The van der Waals surface area contributed by atoms with E-state index < -0.39 is 0 Å². The van der Waals surface area contributed by atoms with E-state index >= 15 is 0 Å². The molecule has 0 radical (unpaired) electrons. The summed E-state index contributed by atoms with van der Waals surface area (Å²) in [6, 6.07) is 11.1. The Balaban J connectivity index is 2.41. The van der Waals surface area contributed by atoms with E-state index in [0.29, 0.717) is 12.0 Å². The van der Waals surface area contributed by atoms with Crippen LogP contribution < -0.4 is 4.90 Å². The first kappa shape index (κ1) is 16.2. The van der Waals surface area contributed by atoms with Gasteiger partial charge in [0.15, 0.2) is 0 Å². The molecule has 0 aliphatic heterocycles. The van der Waals surface area contributed by atoms with E-state index in [9.17, 15) is 9.18 Å². The minimum Gasteiger partial charge on any atom is -0.315 e. The topological polar surface area (TPSA) is 20.3 Å². The van der Waals surface area contributed by atoms with Crippen LogP contribution in [0.5, 0.6) is 0 Å². The lowest BCUT2D eigenvalue weighted by atomic mass is 10.0. The van der Waals surface area contributed by atoms with Crippen molar-refractivity contribution in [3.05, 3.63) is 53.3 Å². The molecule has 116 valence electrons. The maximum absolute atomic E-state index is 13.8. The normalized spacial score (nSPS) is 10.6. The van der Waals surface area contributed by atoms with Gasteiger partial charge in [0.05, 0.1) is 0 Å². The summed E-state index contributed by atoms with van der Waals surface area (Å²) in [5.41, 5.74) is 4.27. The van der Waals surface area contributed by atoms with Crippen LogP contribution in [0.3, 0.4) is 0 Å². The molecule has 2 nitrogen and oxygen atoms in total. The molecule has 2 aromatic carbocycles. The summed E-state index contributed by atoms with van der Waals surface area (Å²) in [5, 5.41) is 0. The monoisotopic (exact) mass is 299 g/mol. The maximum Gasteiger partial charge on any atom is 0.226 e. The minimum absolute atomic E-state index is 0.0952. The van der Waals surface area contributed by atoms with Crippen LogP contribution in [0.2, 0.25) is 0 Å². The number of hydrogen-bond donors (Lipinski definition) is 0. The van der Waals surface area contributed by atoms with Crippen molar-refractivity contribution in [3.8, 4) is 11.1 Å². The van der Waals surface area contributed by atoms with Crippen molar-refractivity contribution in [1.29, 1.82) is 0 Å². The van der Waals surface area contributed by atoms with Crippen molar-refractivity contribution >= 4 is 11.6 Å². The molecule has 2 rings (SSSR count). The third kappa shape index (κ3) is 3.35. The quantitative estimate of drug-likeness (QED) is 0.788.